The summed E-state index contributed by atoms with van der Waals surface area (Å²) in [6.45, 7) is 20.1. The summed E-state index contributed by atoms with van der Waals surface area (Å²) >= 11 is 0. The van der Waals surface area contributed by atoms with Gasteiger partial charge in [0.1, 0.15) is 46.0 Å². The lowest BCUT2D eigenvalue weighted by atomic mass is 9.86. The van der Waals surface area contributed by atoms with Crippen LogP contribution in [0, 0.1) is 5.92 Å². The van der Waals surface area contributed by atoms with Crippen LogP contribution in [-0.4, -0.2) is 47.8 Å². The van der Waals surface area contributed by atoms with Gasteiger partial charge in [-0.3, -0.25) is 14.4 Å². The molecular formula is C66H68O16. The highest BCUT2D eigenvalue weighted by atomic mass is 16.6. The summed E-state index contributed by atoms with van der Waals surface area (Å²) in [6.07, 6.45) is 4.94. The average molecular weight is 1120 g/mol. The van der Waals surface area contributed by atoms with E-state index in [4.69, 9.17) is 37.9 Å². The Morgan fingerprint density at radius 2 is 0.671 bits per heavy atom. The molecule has 0 radical (unpaired) electrons. The molecule has 0 heterocycles. The van der Waals surface area contributed by atoms with Gasteiger partial charge >= 0.3 is 47.8 Å². The first-order chi connectivity index (χ1) is 38.8. The molecule has 16 nitrogen and oxygen atoms in total. The minimum absolute atomic E-state index is 0.204. The fourth-order valence-corrected chi connectivity index (χ4v) is 7.82. The van der Waals surface area contributed by atoms with Crippen LogP contribution in [0.5, 0.6) is 46.0 Å². The summed E-state index contributed by atoms with van der Waals surface area (Å²) < 4.78 is 44.3. The molecule has 0 fully saturated rings. The highest BCUT2D eigenvalue weighted by Gasteiger charge is 2.26. The van der Waals surface area contributed by atoms with Crippen LogP contribution in [0.25, 0.3) is 0 Å². The van der Waals surface area contributed by atoms with Crippen LogP contribution < -0.4 is 37.9 Å². The van der Waals surface area contributed by atoms with Gasteiger partial charge in [0.05, 0.1) is 28.2 Å². The van der Waals surface area contributed by atoms with Gasteiger partial charge < -0.3 is 37.9 Å². The SMILES string of the molecule is C=C(C)C(=O)Oc1ccc(C(=O)Oc2ccc(OC(=O)c3ccc(OC(=O)CCCCCCCCC(=O)Oc4ccc(C(=O)Oc5ccc(OC(=O)c6ccc(OC(=O)C(C)C)cc6)cc5C(C)(C)C)cc4)cc3)c(C(C)(C)C)c2)cc1. The minimum atomic E-state index is -0.639. The average Bonchev–Trinajstić information content (AvgIpc) is 3.50. The second-order valence-corrected chi connectivity index (χ2v) is 21.8. The Labute approximate surface area is 477 Å². The number of carbonyl (C=O) groups is 8. The monoisotopic (exact) mass is 1120 g/mol. The molecule has 0 unspecified atom stereocenters. The number of unbranched alkanes of at least 4 members (excludes halogenated alkanes) is 5. The van der Waals surface area contributed by atoms with E-state index >= 15 is 0 Å². The van der Waals surface area contributed by atoms with Crippen LogP contribution in [-0.2, 0) is 30.0 Å². The van der Waals surface area contributed by atoms with E-state index in [2.05, 4.69) is 6.58 Å². The summed E-state index contributed by atoms with van der Waals surface area (Å²) in [5.74, 6) is -2.45. The predicted octanol–water partition coefficient (Wildman–Crippen LogP) is 13.8. The second kappa shape index (κ2) is 28.3. The quantitative estimate of drug-likeness (QED) is 0.0253. The standard InChI is InChI=1S/C66H68O16/c1-41(2)59(69)77-49-31-23-43(24-32-49)61(71)79-51-35-37-55(53(39-51)65(5,6)7)81-63(73)45-19-27-47(28-20-45)75-57(67)17-15-13-11-12-14-16-18-58(68)76-48-29-21-46(22-30-48)64(74)82-56-38-36-52(40-54(56)66(8,9)10)80-62(72)44-25-33-50(34-26-44)78-60(70)42(3)4/h19-40,42H,1,11-18H2,2-10H3. The smallest absolute Gasteiger partial charge is 0.343 e. The van der Waals surface area contributed by atoms with Crippen molar-refractivity contribution in [2.75, 3.05) is 0 Å². The van der Waals surface area contributed by atoms with E-state index in [1.807, 2.05) is 41.5 Å². The zero-order valence-corrected chi connectivity index (χ0v) is 47.7. The summed E-state index contributed by atoms with van der Waals surface area (Å²) in [6, 6.07) is 33.5. The first-order valence-corrected chi connectivity index (χ1v) is 26.9. The maximum absolute atomic E-state index is 13.3. The maximum atomic E-state index is 13.3. The molecule has 0 amide bonds. The van der Waals surface area contributed by atoms with Crippen LogP contribution in [0.1, 0.15) is 166 Å². The van der Waals surface area contributed by atoms with E-state index in [1.165, 1.54) is 116 Å². The predicted molar refractivity (Wildman–Crippen MR) is 305 cm³/mol. The maximum Gasteiger partial charge on any atom is 0.343 e. The first-order valence-electron chi connectivity index (χ1n) is 26.9. The number of hydrogen-bond donors (Lipinski definition) is 0. The molecule has 428 valence electrons. The summed E-state index contributed by atoms with van der Waals surface area (Å²) in [4.78, 5) is 101. The highest BCUT2D eigenvalue weighted by molar-refractivity contribution is 5.94. The van der Waals surface area contributed by atoms with Gasteiger partial charge in [-0.2, -0.15) is 0 Å². The van der Waals surface area contributed by atoms with Gasteiger partial charge in [-0.15, -0.1) is 0 Å². The lowest BCUT2D eigenvalue weighted by Gasteiger charge is -2.23. The van der Waals surface area contributed by atoms with Crippen molar-refractivity contribution in [3.8, 4) is 46.0 Å². The Balaban J connectivity index is 0.862. The van der Waals surface area contributed by atoms with E-state index in [-0.39, 0.29) is 92.8 Å². The fraction of sp³-hybridized carbons (Fsp3) is 0.303. The number of ether oxygens (including phenoxy) is 8. The number of carbonyl (C=O) groups excluding carboxylic acids is 8. The molecule has 0 bridgehead atoms. The minimum Gasteiger partial charge on any atom is -0.427 e. The molecule has 0 aliphatic rings. The second-order valence-electron chi connectivity index (χ2n) is 21.8. The molecular weight excluding hydrogens is 1050 g/mol. The Morgan fingerprint density at radius 1 is 0.378 bits per heavy atom. The lowest BCUT2D eigenvalue weighted by molar-refractivity contribution is -0.138. The molecule has 0 aromatic heterocycles. The zero-order chi connectivity index (χ0) is 59.7. The van der Waals surface area contributed by atoms with Crippen molar-refractivity contribution in [2.24, 2.45) is 5.92 Å². The molecule has 16 heteroatoms. The lowest BCUT2D eigenvalue weighted by Crippen LogP contribution is -2.17. The van der Waals surface area contributed by atoms with Crippen LogP contribution in [0.3, 0.4) is 0 Å². The third-order valence-electron chi connectivity index (χ3n) is 12.4. The summed E-state index contributed by atoms with van der Waals surface area (Å²) in [5, 5.41) is 0. The van der Waals surface area contributed by atoms with E-state index in [1.54, 1.807) is 38.1 Å². The molecule has 6 rings (SSSR count). The van der Waals surface area contributed by atoms with E-state index in [0.29, 0.717) is 29.7 Å². The molecule has 0 N–H and O–H groups in total. The van der Waals surface area contributed by atoms with Gasteiger partial charge in [0.15, 0.2) is 0 Å². The Bertz CT molecular complexity index is 3280. The summed E-state index contributed by atoms with van der Waals surface area (Å²) in [5.41, 5.74) is 1.38. The molecule has 6 aromatic rings. The molecule has 82 heavy (non-hydrogen) atoms. The third kappa shape index (κ3) is 18.7. The summed E-state index contributed by atoms with van der Waals surface area (Å²) in [7, 11) is 0. The molecule has 0 saturated heterocycles. The van der Waals surface area contributed by atoms with Crippen LogP contribution in [0.4, 0.5) is 0 Å². The van der Waals surface area contributed by atoms with E-state index < -0.39 is 52.6 Å². The molecule has 0 saturated carbocycles. The highest BCUT2D eigenvalue weighted by Crippen LogP contribution is 2.37. The molecule has 6 aromatic carbocycles. The van der Waals surface area contributed by atoms with Crippen molar-refractivity contribution in [3.05, 3.63) is 179 Å². The molecule has 0 spiro atoms. The Hall–Kier alpha value is -9.18. The Kier molecular flexibility index (Phi) is 21.4. The normalized spacial score (nSPS) is 11.2. The Morgan fingerprint density at radius 3 is 0.988 bits per heavy atom. The van der Waals surface area contributed by atoms with Crippen molar-refractivity contribution < 1.29 is 76.3 Å². The van der Waals surface area contributed by atoms with Gasteiger partial charge in [-0.1, -0.05) is 87.7 Å². The number of esters is 8. The number of hydrogen-bond acceptors (Lipinski definition) is 16. The van der Waals surface area contributed by atoms with Gasteiger partial charge in [-0.05, 0) is 164 Å². The van der Waals surface area contributed by atoms with Gasteiger partial charge in [-0.25, -0.2) is 24.0 Å². The largest absolute Gasteiger partial charge is 0.427 e. The van der Waals surface area contributed by atoms with Crippen LogP contribution in [0.2, 0.25) is 0 Å². The topological polar surface area (TPSA) is 210 Å². The molecule has 0 atom stereocenters. The van der Waals surface area contributed by atoms with Crippen molar-refractivity contribution in [1.29, 1.82) is 0 Å². The van der Waals surface area contributed by atoms with E-state index in [0.717, 1.165) is 25.7 Å². The fourth-order valence-electron chi connectivity index (χ4n) is 7.82. The van der Waals surface area contributed by atoms with Gasteiger partial charge in [0.2, 0.25) is 0 Å². The number of rotatable bonds is 23. The van der Waals surface area contributed by atoms with Crippen molar-refractivity contribution in [2.45, 2.75) is 125 Å². The van der Waals surface area contributed by atoms with Gasteiger partial charge in [0, 0.05) is 29.5 Å². The third-order valence-corrected chi connectivity index (χ3v) is 12.4. The van der Waals surface area contributed by atoms with Crippen molar-refractivity contribution in [3.63, 3.8) is 0 Å². The van der Waals surface area contributed by atoms with Crippen LogP contribution in [0.15, 0.2) is 146 Å². The first kappa shape index (κ1) is 62.0. The van der Waals surface area contributed by atoms with Crippen LogP contribution >= 0.6 is 0 Å². The zero-order valence-electron chi connectivity index (χ0n) is 47.7. The molecule has 0 aliphatic heterocycles. The van der Waals surface area contributed by atoms with Crippen molar-refractivity contribution >= 4 is 47.8 Å². The molecule has 0 aliphatic carbocycles. The number of benzene rings is 6. The van der Waals surface area contributed by atoms with Crippen molar-refractivity contribution in [1.82, 2.24) is 0 Å². The van der Waals surface area contributed by atoms with E-state index in [9.17, 15) is 38.4 Å². The van der Waals surface area contributed by atoms with Gasteiger partial charge in [0.25, 0.3) is 0 Å².